The van der Waals surface area contributed by atoms with Crippen molar-refractivity contribution in [2.45, 2.75) is 0 Å². The number of rotatable bonds is 6. The summed E-state index contributed by atoms with van der Waals surface area (Å²) in [6.07, 6.45) is 3.55. The molecule has 0 aliphatic rings. The Morgan fingerprint density at radius 2 is 0.557 bits per heavy atom. The summed E-state index contributed by atoms with van der Waals surface area (Å²) in [6, 6.07) is 71.8. The van der Waals surface area contributed by atoms with Crippen LogP contribution in [0.25, 0.3) is 140 Å². The molecule has 0 bridgehead atoms. The lowest BCUT2D eigenvalue weighted by molar-refractivity contribution is 0.641. The lowest BCUT2D eigenvalue weighted by Crippen LogP contribution is -1.90. The molecule has 3 aromatic heterocycles. The number of halogens is 2. The zero-order chi connectivity index (χ0) is 46.5. The predicted octanol–water partition coefficient (Wildman–Crippen LogP) is 19.0. The molecule has 6 heteroatoms. The van der Waals surface area contributed by atoms with Crippen LogP contribution in [-0.4, -0.2) is 9.97 Å². The average Bonchev–Trinajstić information content (AvgIpc) is 4.00. The Bertz CT molecular complexity index is 4190. The first-order chi connectivity index (χ1) is 34.5. The van der Waals surface area contributed by atoms with Gasteiger partial charge in [0.1, 0.15) is 11.6 Å². The summed E-state index contributed by atoms with van der Waals surface area (Å²) in [6.45, 7) is 0. The van der Waals surface area contributed by atoms with E-state index in [2.05, 4.69) is 170 Å². The van der Waals surface area contributed by atoms with Gasteiger partial charge in [0, 0.05) is 54.1 Å². The van der Waals surface area contributed by atoms with Gasteiger partial charge in [0.25, 0.3) is 0 Å². The Kier molecular flexibility index (Phi) is 9.34. The summed E-state index contributed by atoms with van der Waals surface area (Å²) in [4.78, 5) is 9.74. The Balaban J connectivity index is 0.821. The molecule has 0 radical (unpaired) electrons. The third-order valence-corrected chi connectivity index (χ3v) is 16.2. The van der Waals surface area contributed by atoms with Crippen molar-refractivity contribution >= 4 is 95.6 Å². The molecular weight excluding hydrogens is 899 g/mol. The second-order valence-electron chi connectivity index (χ2n) is 18.0. The molecule has 0 atom stereocenters. The third-order valence-electron chi connectivity index (χ3n) is 13.9. The number of aromatic nitrogens is 2. The molecule has 0 N–H and O–H groups in total. The topological polar surface area (TPSA) is 25.8 Å². The molecule has 14 rings (SSSR count). The van der Waals surface area contributed by atoms with Crippen molar-refractivity contribution in [2.75, 3.05) is 0 Å². The minimum atomic E-state index is -0.172. The molecule has 0 spiro atoms. The van der Waals surface area contributed by atoms with Crippen LogP contribution in [0.5, 0.6) is 0 Å². The number of hydrogen-bond acceptors (Lipinski definition) is 4. The fourth-order valence-corrected chi connectivity index (χ4v) is 12.7. The monoisotopic (exact) mass is 934 g/mol. The smallest absolute Gasteiger partial charge is 0.141 e. The van der Waals surface area contributed by atoms with Crippen LogP contribution in [0.15, 0.2) is 219 Å². The minimum Gasteiger partial charge on any atom is -0.252 e. The maximum absolute atomic E-state index is 14.7. The molecule has 0 aliphatic carbocycles. The van der Waals surface area contributed by atoms with E-state index in [-0.39, 0.29) is 11.6 Å². The van der Waals surface area contributed by atoms with Gasteiger partial charge in [-0.1, -0.05) is 146 Å². The van der Waals surface area contributed by atoms with E-state index in [4.69, 9.17) is 9.97 Å². The van der Waals surface area contributed by atoms with Crippen molar-refractivity contribution in [3.63, 3.8) is 0 Å². The van der Waals surface area contributed by atoms with Crippen molar-refractivity contribution in [3.05, 3.63) is 230 Å². The van der Waals surface area contributed by atoms with Gasteiger partial charge < -0.3 is 0 Å². The Morgan fingerprint density at radius 1 is 0.257 bits per heavy atom. The molecule has 70 heavy (non-hydrogen) atoms. The summed E-state index contributed by atoms with van der Waals surface area (Å²) in [5.74, 6) is -0.345. The molecule has 11 aromatic carbocycles. The van der Waals surface area contributed by atoms with Crippen LogP contribution in [0.3, 0.4) is 0 Å². The molecule has 0 saturated heterocycles. The fraction of sp³-hybridized carbons (Fsp3) is 0. The van der Waals surface area contributed by atoms with Crippen LogP contribution >= 0.6 is 22.7 Å². The van der Waals surface area contributed by atoms with Crippen molar-refractivity contribution in [3.8, 4) is 66.8 Å². The first kappa shape index (κ1) is 40.6. The van der Waals surface area contributed by atoms with E-state index < -0.39 is 0 Å². The largest absolute Gasteiger partial charge is 0.252 e. The van der Waals surface area contributed by atoms with Gasteiger partial charge in [-0.25, -0.2) is 8.78 Å². The van der Waals surface area contributed by atoms with Crippen molar-refractivity contribution in [2.24, 2.45) is 0 Å². The molecule has 0 unspecified atom stereocenters. The molecule has 0 saturated carbocycles. The average molecular weight is 935 g/mol. The van der Waals surface area contributed by atoms with Gasteiger partial charge in [-0.3, -0.25) is 9.97 Å². The summed E-state index contributed by atoms with van der Waals surface area (Å²) >= 11 is 3.02. The van der Waals surface area contributed by atoms with Crippen molar-refractivity contribution in [1.29, 1.82) is 0 Å². The summed E-state index contributed by atoms with van der Waals surface area (Å²) in [5.41, 5.74) is 15.2. The van der Waals surface area contributed by atoms with Crippen LogP contribution in [0.4, 0.5) is 8.78 Å². The van der Waals surface area contributed by atoms with Crippen molar-refractivity contribution in [1.82, 2.24) is 9.97 Å². The minimum absolute atomic E-state index is 0.172. The van der Waals surface area contributed by atoms with E-state index in [9.17, 15) is 8.78 Å². The van der Waals surface area contributed by atoms with Gasteiger partial charge in [0.2, 0.25) is 0 Å². The molecule has 328 valence electrons. The van der Waals surface area contributed by atoms with Crippen molar-refractivity contribution < 1.29 is 8.78 Å². The Morgan fingerprint density at radius 3 is 0.914 bits per heavy atom. The summed E-state index contributed by atoms with van der Waals surface area (Å²) in [5, 5.41) is 8.44. The van der Waals surface area contributed by atoms with Crippen LogP contribution in [0.1, 0.15) is 0 Å². The van der Waals surface area contributed by atoms with Gasteiger partial charge in [-0.2, -0.15) is 0 Å². The molecular formula is C64H36F2N2S2. The van der Waals surface area contributed by atoms with Crippen LogP contribution in [0, 0.1) is 11.6 Å². The van der Waals surface area contributed by atoms with E-state index in [1.807, 2.05) is 12.1 Å². The number of hydrogen-bond donors (Lipinski definition) is 0. The van der Waals surface area contributed by atoms with Gasteiger partial charge >= 0.3 is 0 Å². The van der Waals surface area contributed by atoms with E-state index in [1.165, 1.54) is 34.8 Å². The lowest BCUT2D eigenvalue weighted by Gasteiger charge is -2.13. The quantitative estimate of drug-likeness (QED) is 0.155. The standard InChI is InChI=1S/C64H36F2N2S2/c65-57-17-5-15-53-49-23-19-47(35-59(49)69-63(53)57)43-13-3-9-39(31-43)37-7-1-11-41(29-37)45-21-25-51-55(33-45)56-34-46(22-26-52(56)62-61(51)67-27-28-68-62)42-12-2-8-38(30-42)40-10-4-14-44(32-40)48-20-24-50-54-16-6-18-58(66)64(54)70-60(50)36-48/h1-36H. The highest BCUT2D eigenvalue weighted by Gasteiger charge is 2.16. The van der Waals surface area contributed by atoms with Gasteiger partial charge in [0.05, 0.1) is 20.4 Å². The highest BCUT2D eigenvalue weighted by atomic mass is 32.1. The summed E-state index contributed by atoms with van der Waals surface area (Å²) in [7, 11) is 0. The zero-order valence-corrected chi connectivity index (χ0v) is 38.9. The molecule has 2 nitrogen and oxygen atoms in total. The van der Waals surface area contributed by atoms with Gasteiger partial charge in [-0.15, -0.1) is 22.7 Å². The SMILES string of the molecule is Fc1cccc2c1sc1cc(-c3cccc(-c4cccc(-c5ccc6c(c5)c5cc(-c7cccc(-c8cccc(-c9ccc%10c(c9)sc9c(F)cccc9%10)c8)c7)ccc5c5nccnc65)c4)c3)ccc12. The first-order valence-corrected chi connectivity index (χ1v) is 24.9. The number of thiophene rings is 2. The second-order valence-corrected chi connectivity index (χ2v) is 20.1. The van der Waals surface area contributed by atoms with E-state index >= 15 is 0 Å². The maximum atomic E-state index is 14.7. The fourth-order valence-electron chi connectivity index (χ4n) is 10.4. The second kappa shape index (κ2) is 16.1. The molecule has 0 fully saturated rings. The van der Waals surface area contributed by atoms with Gasteiger partial charge in [0.15, 0.2) is 0 Å². The van der Waals surface area contributed by atoms with E-state index in [0.717, 1.165) is 130 Å². The van der Waals surface area contributed by atoms with E-state index in [1.54, 1.807) is 24.5 Å². The van der Waals surface area contributed by atoms with Crippen LogP contribution in [-0.2, 0) is 0 Å². The number of nitrogens with zero attached hydrogens (tertiary/aromatic N) is 2. The third kappa shape index (κ3) is 6.71. The summed E-state index contributed by atoms with van der Waals surface area (Å²) < 4.78 is 32.9. The highest BCUT2D eigenvalue weighted by Crippen LogP contribution is 2.42. The molecule has 14 aromatic rings. The van der Waals surface area contributed by atoms with Crippen LogP contribution < -0.4 is 0 Å². The molecule has 0 amide bonds. The first-order valence-electron chi connectivity index (χ1n) is 23.2. The number of fused-ring (bicyclic) bond motifs is 12. The Labute approximate surface area is 409 Å². The van der Waals surface area contributed by atoms with E-state index in [0.29, 0.717) is 9.40 Å². The zero-order valence-electron chi connectivity index (χ0n) is 37.3. The highest BCUT2D eigenvalue weighted by molar-refractivity contribution is 7.26. The molecule has 3 heterocycles. The lowest BCUT2D eigenvalue weighted by atomic mass is 9.91. The molecule has 0 aliphatic heterocycles. The van der Waals surface area contributed by atoms with Crippen LogP contribution in [0.2, 0.25) is 0 Å². The normalized spacial score (nSPS) is 11.9. The Hall–Kier alpha value is -8.42. The maximum Gasteiger partial charge on any atom is 0.141 e. The van der Waals surface area contributed by atoms with Gasteiger partial charge in [-0.05, 0) is 138 Å². The predicted molar refractivity (Wildman–Crippen MR) is 293 cm³/mol. The number of benzene rings is 11.